The number of hydrogen-bond acceptors (Lipinski definition) is 20. The smallest absolute Gasteiger partial charge is 0.393 e. The zero-order chi connectivity index (χ0) is 55.1. The molecule has 1 aliphatic heterocycles. The number of rotatable bonds is 23. The van der Waals surface area contributed by atoms with Crippen molar-refractivity contribution in [3.8, 4) is 0 Å². The Hall–Kier alpha value is -3.07. The molecule has 4 fully saturated rings. The maximum absolute atomic E-state index is 13.0. The molecule has 2 amide bonds. The average Bonchev–Trinajstić information content (AvgIpc) is 4.01. The van der Waals surface area contributed by atoms with Gasteiger partial charge in [-0.05, 0) is 91.4 Å². The molecule has 0 aromatic carbocycles. The van der Waals surface area contributed by atoms with E-state index >= 15 is 0 Å². The summed E-state index contributed by atoms with van der Waals surface area (Å²) in [6.07, 6.45) is 1.73. The first kappa shape index (κ1) is 59.6. The van der Waals surface area contributed by atoms with Crippen LogP contribution in [0.4, 0.5) is 5.82 Å². The average molecular weight is 1140 g/mol. The molecule has 30 heteroatoms. The van der Waals surface area contributed by atoms with Crippen LogP contribution < -0.4 is 16.4 Å². The highest BCUT2D eigenvalue weighted by Gasteiger charge is 2.63. The van der Waals surface area contributed by atoms with Crippen LogP contribution in [-0.2, 0) is 55.5 Å². The standard InChI is InChI=1S/C45H70N7O19P3S/c1-24(28-9-10-29-27-8-7-25-18-26(53)12-14-44(25,4)30(27)19-32(54)45(28,29)5)6-11-34(56)75-17-16-47-33(55)13-15-48-41(59)38(58)43(2,3)21-68-74(65,66)71-73(63,64)67-20-31-37(70-72(60,61)62)36(57)42(69-31)52-23-51-35-39(46)49-22-50-40(35)52/h18,22-24,27-32,36-38,42,54,57-58H,6-17,19-21H2,1-5H3,(H,47,55)(H,48,59)(H,63,64)(H,65,66)(H2,46,49,50)(H2,60,61,62). The number of thioether (sulfide) groups is 1. The summed E-state index contributed by atoms with van der Waals surface area (Å²) in [5.74, 6) is 0.870. The van der Waals surface area contributed by atoms with Gasteiger partial charge in [-0.2, -0.15) is 4.31 Å². The van der Waals surface area contributed by atoms with Crippen LogP contribution in [0.3, 0.4) is 0 Å². The van der Waals surface area contributed by atoms with E-state index in [1.54, 1.807) is 0 Å². The lowest BCUT2D eigenvalue weighted by Gasteiger charge is -2.60. The summed E-state index contributed by atoms with van der Waals surface area (Å²) >= 11 is 1.12. The first-order valence-corrected chi connectivity index (χ1v) is 30.4. The molecular weight excluding hydrogens is 1070 g/mol. The molecule has 0 radical (unpaired) electrons. The van der Waals surface area contributed by atoms with E-state index in [0.29, 0.717) is 42.8 Å². The molecule has 7 rings (SSSR count). The van der Waals surface area contributed by atoms with Crippen molar-refractivity contribution in [2.24, 2.45) is 45.8 Å². The molecule has 11 N–H and O–H groups in total. The third kappa shape index (κ3) is 13.5. The van der Waals surface area contributed by atoms with Gasteiger partial charge in [0, 0.05) is 43.5 Å². The van der Waals surface area contributed by atoms with Gasteiger partial charge >= 0.3 is 23.5 Å². The molecule has 0 spiro atoms. The Morgan fingerprint density at radius 2 is 1.71 bits per heavy atom. The van der Waals surface area contributed by atoms with Crippen molar-refractivity contribution in [2.45, 2.75) is 136 Å². The molecule has 1 saturated heterocycles. The second-order valence-electron chi connectivity index (χ2n) is 21.6. The van der Waals surface area contributed by atoms with Crippen molar-refractivity contribution < 1.29 is 90.4 Å². The number of aliphatic hydroxyl groups is 3. The van der Waals surface area contributed by atoms with Gasteiger partial charge in [0.25, 0.3) is 0 Å². The van der Waals surface area contributed by atoms with E-state index in [4.69, 9.17) is 19.5 Å². The molecular formula is C45H70N7O19P3S. The second-order valence-corrected chi connectivity index (χ2v) is 27.0. The number of ketones is 1. The van der Waals surface area contributed by atoms with Crippen LogP contribution in [0, 0.1) is 45.8 Å². The third-order valence-electron chi connectivity index (χ3n) is 16.4. The van der Waals surface area contributed by atoms with Crippen molar-refractivity contribution in [3.05, 3.63) is 24.3 Å². The normalized spacial score (nSPS) is 32.3. The highest BCUT2D eigenvalue weighted by molar-refractivity contribution is 8.13. The van der Waals surface area contributed by atoms with Crippen LogP contribution in [0.5, 0.6) is 0 Å². The fourth-order valence-corrected chi connectivity index (χ4v) is 15.9. The molecule has 15 atom stereocenters. The zero-order valence-corrected chi connectivity index (χ0v) is 45.8. The Bertz CT molecular complexity index is 2640. The first-order chi connectivity index (χ1) is 35.0. The number of aromatic nitrogens is 4. The topological polar surface area (TPSA) is 401 Å². The summed E-state index contributed by atoms with van der Waals surface area (Å²) < 4.78 is 62.7. The number of carbonyl (C=O) groups is 4. The third-order valence-corrected chi connectivity index (χ3v) is 20.4. The number of anilines is 1. The van der Waals surface area contributed by atoms with Gasteiger partial charge < -0.3 is 56.0 Å². The van der Waals surface area contributed by atoms with E-state index in [2.05, 4.69) is 55.2 Å². The fraction of sp³-hybridized carbons (Fsp3) is 0.756. The molecule has 3 heterocycles. The van der Waals surface area contributed by atoms with Crippen LogP contribution in [0.25, 0.3) is 11.2 Å². The fourth-order valence-electron chi connectivity index (χ4n) is 12.4. The number of nitrogen functional groups attached to an aromatic ring is 1. The molecule has 26 nitrogen and oxygen atoms in total. The Morgan fingerprint density at radius 1 is 0.987 bits per heavy atom. The van der Waals surface area contributed by atoms with Crippen molar-refractivity contribution in [1.29, 1.82) is 0 Å². The molecule has 0 bridgehead atoms. The number of nitrogens with two attached hydrogens (primary N) is 1. The highest BCUT2D eigenvalue weighted by Crippen LogP contribution is 2.68. The Balaban J connectivity index is 0.782. The van der Waals surface area contributed by atoms with E-state index in [1.807, 2.05) is 6.08 Å². The van der Waals surface area contributed by atoms with Crippen molar-refractivity contribution in [3.63, 3.8) is 0 Å². The molecule has 2 aromatic heterocycles. The van der Waals surface area contributed by atoms with Crippen molar-refractivity contribution in [1.82, 2.24) is 30.2 Å². The van der Waals surface area contributed by atoms with Gasteiger partial charge in [0.05, 0.1) is 25.6 Å². The van der Waals surface area contributed by atoms with Gasteiger partial charge in [0.2, 0.25) is 11.8 Å². The number of aliphatic hydroxyl groups excluding tert-OH is 3. The summed E-state index contributed by atoms with van der Waals surface area (Å²) in [5, 5.41) is 38.6. The predicted octanol–water partition coefficient (Wildman–Crippen LogP) is 3.20. The van der Waals surface area contributed by atoms with Gasteiger partial charge in [-0.1, -0.05) is 52.0 Å². The van der Waals surface area contributed by atoms with Gasteiger partial charge in [-0.25, -0.2) is 28.6 Å². The van der Waals surface area contributed by atoms with E-state index in [-0.39, 0.29) is 70.1 Å². The molecule has 5 aliphatic rings. The van der Waals surface area contributed by atoms with Gasteiger partial charge in [-0.3, -0.25) is 37.3 Å². The number of nitrogens with one attached hydrogen (secondary N) is 2. The Morgan fingerprint density at radius 3 is 2.43 bits per heavy atom. The molecule has 15 unspecified atom stereocenters. The summed E-state index contributed by atoms with van der Waals surface area (Å²) in [4.78, 5) is 102. The van der Waals surface area contributed by atoms with Gasteiger partial charge in [0.1, 0.15) is 36.3 Å². The maximum Gasteiger partial charge on any atom is 0.481 e. The lowest BCUT2D eigenvalue weighted by Crippen LogP contribution is -2.56. The minimum Gasteiger partial charge on any atom is -0.393 e. The minimum atomic E-state index is -5.60. The van der Waals surface area contributed by atoms with Crippen molar-refractivity contribution >= 4 is 74.9 Å². The van der Waals surface area contributed by atoms with E-state index < -0.39 is 90.7 Å². The number of ether oxygens (including phenoxy) is 1. The summed E-state index contributed by atoms with van der Waals surface area (Å²) in [7, 11) is -16.5. The molecule has 420 valence electrons. The summed E-state index contributed by atoms with van der Waals surface area (Å²) in [6, 6.07) is 0. The number of fused-ring (bicyclic) bond motifs is 6. The lowest BCUT2D eigenvalue weighted by atomic mass is 9.45. The maximum atomic E-state index is 13.0. The predicted molar refractivity (Wildman–Crippen MR) is 267 cm³/mol. The summed E-state index contributed by atoms with van der Waals surface area (Å²) in [6.45, 7) is 7.20. The van der Waals surface area contributed by atoms with E-state index in [1.165, 1.54) is 19.4 Å². The monoisotopic (exact) mass is 1140 g/mol. The second kappa shape index (κ2) is 23.3. The number of imidazole rings is 1. The zero-order valence-electron chi connectivity index (χ0n) is 42.3. The number of hydrogen-bond donors (Lipinski definition) is 10. The number of nitrogens with zero attached hydrogens (tertiary/aromatic N) is 4. The van der Waals surface area contributed by atoms with Crippen LogP contribution in [0.1, 0.15) is 105 Å². The van der Waals surface area contributed by atoms with E-state index in [9.17, 15) is 67.8 Å². The van der Waals surface area contributed by atoms with Gasteiger partial charge in [-0.15, -0.1) is 0 Å². The molecule has 4 aliphatic carbocycles. The lowest BCUT2D eigenvalue weighted by molar-refractivity contribution is -0.141. The van der Waals surface area contributed by atoms with Crippen LogP contribution >= 0.6 is 35.2 Å². The van der Waals surface area contributed by atoms with Crippen LogP contribution in [-0.4, -0.2) is 140 Å². The number of carbonyl (C=O) groups excluding carboxylic acids is 4. The minimum absolute atomic E-state index is 0.00311. The number of phosphoric acid groups is 3. The van der Waals surface area contributed by atoms with Gasteiger partial charge in [0.15, 0.2) is 28.6 Å². The molecule has 75 heavy (non-hydrogen) atoms. The molecule has 2 aromatic rings. The molecule has 3 saturated carbocycles. The largest absolute Gasteiger partial charge is 0.481 e. The number of allylic oxidation sites excluding steroid dienone is 1. The SMILES string of the molecule is CC(CCC(=O)SCCNC(=O)CCNC(=O)C(O)C(C)(C)COP(=O)(O)OP(=O)(O)OCC1OC(n2cnc3c(N)ncnc32)C(O)C1OP(=O)(O)O)C1CCC2C3CCC4=CC(=O)CCC4(C)C3CC(O)C12C. The highest BCUT2D eigenvalue weighted by atomic mass is 32.2. The van der Waals surface area contributed by atoms with E-state index in [0.717, 1.165) is 67.5 Å². The quantitative estimate of drug-likeness (QED) is 0.0564. The number of amides is 2. The Kier molecular flexibility index (Phi) is 18.5. The van der Waals surface area contributed by atoms with Crippen LogP contribution in [0.15, 0.2) is 24.3 Å². The first-order valence-electron chi connectivity index (χ1n) is 24.9. The van der Waals surface area contributed by atoms with Crippen LogP contribution in [0.2, 0.25) is 0 Å². The number of phosphoric ester groups is 3. The Labute approximate surface area is 437 Å². The summed E-state index contributed by atoms with van der Waals surface area (Å²) in [5.41, 5.74) is 5.27. The van der Waals surface area contributed by atoms with Crippen molar-refractivity contribution in [2.75, 3.05) is 37.8 Å².